The Morgan fingerprint density at radius 3 is 2.90 bits per heavy atom. The Morgan fingerprint density at radius 1 is 1.50 bits per heavy atom. The first-order chi connectivity index (χ1) is 9.60. The van der Waals surface area contributed by atoms with Crippen LogP contribution >= 0.6 is 0 Å². The average Bonchev–Trinajstić information content (AvgIpc) is 2.84. The molecule has 1 unspecified atom stereocenters. The molecule has 0 spiro atoms. The lowest BCUT2D eigenvalue weighted by molar-refractivity contribution is 0.130. The number of ether oxygens (including phenoxy) is 1. The van der Waals surface area contributed by atoms with Gasteiger partial charge in [-0.25, -0.2) is 0 Å². The third kappa shape index (κ3) is 3.63. The monoisotopic (exact) mass is 277 g/mol. The number of oxime groups is 1. The summed E-state index contributed by atoms with van der Waals surface area (Å²) < 4.78 is 5.97. The molecule has 20 heavy (non-hydrogen) atoms. The normalized spacial score (nSPS) is 18.4. The van der Waals surface area contributed by atoms with Crippen LogP contribution < -0.4 is 10.5 Å². The molecule has 1 heterocycles. The zero-order valence-corrected chi connectivity index (χ0v) is 12.1. The van der Waals surface area contributed by atoms with Crippen LogP contribution in [0.4, 0.5) is 0 Å². The Kier molecular flexibility index (Phi) is 4.84. The van der Waals surface area contributed by atoms with Gasteiger partial charge in [0.2, 0.25) is 0 Å². The van der Waals surface area contributed by atoms with E-state index in [1.165, 1.54) is 5.56 Å². The van der Waals surface area contributed by atoms with E-state index in [1.54, 1.807) is 0 Å². The summed E-state index contributed by atoms with van der Waals surface area (Å²) in [6.07, 6.45) is 1.69. The number of hydrogen-bond donors (Lipinski definition) is 2. The lowest BCUT2D eigenvalue weighted by atomic mass is 10.1. The number of para-hydroxylation sites is 1. The minimum Gasteiger partial charge on any atom is -0.488 e. The van der Waals surface area contributed by atoms with Crippen LogP contribution in [-0.4, -0.2) is 41.2 Å². The van der Waals surface area contributed by atoms with E-state index >= 15 is 0 Å². The zero-order chi connectivity index (χ0) is 14.5. The highest BCUT2D eigenvalue weighted by Gasteiger charge is 2.25. The van der Waals surface area contributed by atoms with E-state index in [0.717, 1.165) is 25.3 Å². The molecule has 5 nitrogen and oxygen atoms in total. The summed E-state index contributed by atoms with van der Waals surface area (Å²) in [5.74, 6) is 1.27. The molecule has 1 aliphatic rings. The molecule has 0 bridgehead atoms. The first-order valence-electron chi connectivity index (χ1n) is 7.05. The molecule has 3 N–H and O–H groups in total. The number of fused-ring (bicyclic) bond motifs is 1. The number of nitrogens with zero attached hydrogens (tertiary/aromatic N) is 2. The van der Waals surface area contributed by atoms with Crippen molar-refractivity contribution in [3.8, 4) is 5.75 Å². The number of benzene rings is 1. The molecule has 0 saturated heterocycles. The van der Waals surface area contributed by atoms with Crippen LogP contribution in [0, 0.1) is 0 Å². The molecule has 0 amide bonds. The van der Waals surface area contributed by atoms with E-state index in [0.29, 0.717) is 12.5 Å². The number of hydrogen-bond acceptors (Lipinski definition) is 4. The van der Waals surface area contributed by atoms with Gasteiger partial charge in [-0.3, -0.25) is 4.90 Å². The Bertz CT molecular complexity index is 449. The van der Waals surface area contributed by atoms with Crippen molar-refractivity contribution in [1.82, 2.24) is 4.90 Å². The maximum atomic E-state index is 8.61. The van der Waals surface area contributed by atoms with Gasteiger partial charge in [-0.2, -0.15) is 0 Å². The number of amidine groups is 1. The molecule has 1 aromatic rings. The van der Waals surface area contributed by atoms with E-state index in [1.807, 2.05) is 18.2 Å². The van der Waals surface area contributed by atoms with Gasteiger partial charge >= 0.3 is 0 Å². The Morgan fingerprint density at radius 2 is 2.25 bits per heavy atom. The lowest BCUT2D eigenvalue weighted by Crippen LogP contribution is -2.41. The molecule has 1 aromatic carbocycles. The molecule has 1 atom stereocenters. The van der Waals surface area contributed by atoms with Crippen LogP contribution in [0.25, 0.3) is 0 Å². The molecule has 0 radical (unpaired) electrons. The van der Waals surface area contributed by atoms with Gasteiger partial charge in [0, 0.05) is 32.0 Å². The van der Waals surface area contributed by atoms with Crippen molar-refractivity contribution in [2.75, 3.05) is 13.1 Å². The Labute approximate surface area is 120 Å². The van der Waals surface area contributed by atoms with Gasteiger partial charge in [0.15, 0.2) is 0 Å². The molecule has 0 fully saturated rings. The largest absolute Gasteiger partial charge is 0.488 e. The second kappa shape index (κ2) is 6.61. The van der Waals surface area contributed by atoms with Crippen molar-refractivity contribution in [3.05, 3.63) is 29.8 Å². The van der Waals surface area contributed by atoms with Crippen molar-refractivity contribution in [2.24, 2.45) is 10.9 Å². The summed E-state index contributed by atoms with van der Waals surface area (Å²) in [5.41, 5.74) is 6.82. The molecular formula is C15H23N3O2. The van der Waals surface area contributed by atoms with Crippen LogP contribution in [0.3, 0.4) is 0 Å². The average molecular weight is 277 g/mol. The van der Waals surface area contributed by atoms with Crippen LogP contribution in [-0.2, 0) is 6.42 Å². The molecule has 5 heteroatoms. The fourth-order valence-electron chi connectivity index (χ4n) is 2.49. The van der Waals surface area contributed by atoms with Crippen LogP contribution in [0.2, 0.25) is 0 Å². The third-order valence-corrected chi connectivity index (χ3v) is 3.67. The van der Waals surface area contributed by atoms with Crippen LogP contribution in [0.5, 0.6) is 5.75 Å². The topological polar surface area (TPSA) is 71.1 Å². The number of rotatable bonds is 6. The Balaban J connectivity index is 1.90. The van der Waals surface area contributed by atoms with Gasteiger partial charge < -0.3 is 15.7 Å². The summed E-state index contributed by atoms with van der Waals surface area (Å²) in [6, 6.07) is 8.58. The molecule has 2 rings (SSSR count). The molecule has 0 aliphatic carbocycles. The van der Waals surface area contributed by atoms with Crippen LogP contribution in [0.15, 0.2) is 29.4 Å². The second-order valence-electron chi connectivity index (χ2n) is 5.48. The summed E-state index contributed by atoms with van der Waals surface area (Å²) in [4.78, 5) is 2.30. The smallest absolute Gasteiger partial charge is 0.140 e. The van der Waals surface area contributed by atoms with Crippen molar-refractivity contribution in [3.63, 3.8) is 0 Å². The highest BCUT2D eigenvalue weighted by atomic mass is 16.5. The predicted molar refractivity (Wildman–Crippen MR) is 79.3 cm³/mol. The van der Waals surface area contributed by atoms with Crippen molar-refractivity contribution in [2.45, 2.75) is 38.8 Å². The summed E-state index contributed by atoms with van der Waals surface area (Å²) in [7, 11) is 0. The van der Waals surface area contributed by atoms with Gasteiger partial charge in [-0.15, -0.1) is 0 Å². The SMILES string of the molecule is CC(C)N(CCC(N)=NO)CC1Cc2ccccc2O1. The van der Waals surface area contributed by atoms with E-state index in [4.69, 9.17) is 15.7 Å². The highest BCUT2D eigenvalue weighted by Crippen LogP contribution is 2.28. The first-order valence-corrected chi connectivity index (χ1v) is 7.05. The van der Waals surface area contributed by atoms with E-state index in [-0.39, 0.29) is 11.9 Å². The van der Waals surface area contributed by atoms with Gasteiger partial charge in [0.05, 0.1) is 0 Å². The van der Waals surface area contributed by atoms with Gasteiger partial charge in [0.1, 0.15) is 17.7 Å². The summed E-state index contributed by atoms with van der Waals surface area (Å²) in [6.45, 7) is 5.91. The minimum absolute atomic E-state index is 0.182. The summed E-state index contributed by atoms with van der Waals surface area (Å²) >= 11 is 0. The van der Waals surface area contributed by atoms with E-state index in [9.17, 15) is 0 Å². The fraction of sp³-hybridized carbons (Fsp3) is 0.533. The van der Waals surface area contributed by atoms with E-state index in [2.05, 4.69) is 30.0 Å². The quantitative estimate of drug-likeness (QED) is 0.360. The van der Waals surface area contributed by atoms with Crippen molar-refractivity contribution >= 4 is 5.84 Å². The molecule has 110 valence electrons. The molecule has 0 aromatic heterocycles. The van der Waals surface area contributed by atoms with E-state index < -0.39 is 0 Å². The maximum Gasteiger partial charge on any atom is 0.140 e. The molecule has 0 saturated carbocycles. The van der Waals surface area contributed by atoms with Crippen molar-refractivity contribution in [1.29, 1.82) is 0 Å². The van der Waals surface area contributed by atoms with Gasteiger partial charge in [0.25, 0.3) is 0 Å². The zero-order valence-electron chi connectivity index (χ0n) is 12.1. The fourth-order valence-corrected chi connectivity index (χ4v) is 2.49. The third-order valence-electron chi connectivity index (χ3n) is 3.67. The summed E-state index contributed by atoms with van der Waals surface area (Å²) in [5, 5.41) is 11.6. The van der Waals surface area contributed by atoms with Crippen molar-refractivity contribution < 1.29 is 9.94 Å². The molecular weight excluding hydrogens is 254 g/mol. The molecule has 1 aliphatic heterocycles. The number of nitrogens with two attached hydrogens (primary N) is 1. The predicted octanol–water partition coefficient (Wildman–Crippen LogP) is 1.84. The lowest BCUT2D eigenvalue weighted by Gasteiger charge is -2.28. The van der Waals surface area contributed by atoms with Crippen LogP contribution in [0.1, 0.15) is 25.8 Å². The minimum atomic E-state index is 0.182. The van der Waals surface area contributed by atoms with Gasteiger partial charge in [-0.05, 0) is 25.5 Å². The Hall–Kier alpha value is -1.75. The highest BCUT2D eigenvalue weighted by molar-refractivity contribution is 5.79. The van der Waals surface area contributed by atoms with Gasteiger partial charge in [-0.1, -0.05) is 23.4 Å². The first kappa shape index (κ1) is 14.7. The second-order valence-corrected chi connectivity index (χ2v) is 5.48. The maximum absolute atomic E-state index is 8.61. The standard InChI is InChI=1S/C15H23N3O2/c1-11(2)18(8-7-15(16)17-19)10-13-9-12-5-3-4-6-14(12)20-13/h3-6,11,13,19H,7-10H2,1-2H3,(H2,16,17).